The molecule has 4 rings (SSSR count). The molecule has 2 aromatic carbocycles. The highest BCUT2D eigenvalue weighted by atomic mass is 35.5. The number of hydrogen-bond donors (Lipinski definition) is 0. The number of carbonyl (C=O) groups is 1. The normalized spacial score (nSPS) is 17.8. The Hall–Kier alpha value is -2.47. The Morgan fingerprint density at radius 2 is 1.47 bits per heavy atom. The molecule has 2 atom stereocenters. The molecule has 0 N–H and O–H groups in total. The molecule has 0 unspecified atom stereocenters. The molecule has 0 amide bonds. The molecule has 0 spiro atoms. The number of pyridine rings is 1. The second-order valence-corrected chi connectivity index (χ2v) is 17.1. The van der Waals surface area contributed by atoms with Crippen molar-refractivity contribution < 1.29 is 14.0 Å². The number of benzene rings is 2. The third kappa shape index (κ3) is 6.56. The number of halogens is 1. The maximum atomic E-state index is 12.8. The van der Waals surface area contributed by atoms with E-state index in [-0.39, 0.29) is 11.0 Å². The van der Waals surface area contributed by atoms with Crippen molar-refractivity contribution in [1.29, 1.82) is 0 Å². The number of nitrogens with zero attached hydrogens (tertiary/aromatic N) is 1. The highest BCUT2D eigenvalue weighted by molar-refractivity contribution is 6.99. The number of aromatic nitrogens is 1. The van der Waals surface area contributed by atoms with Crippen molar-refractivity contribution in [1.82, 2.24) is 4.98 Å². The predicted octanol–water partition coefficient (Wildman–Crippen LogP) is 6.84. The summed E-state index contributed by atoms with van der Waals surface area (Å²) in [5.74, 6) is 0.695. The smallest absolute Gasteiger partial charge is 0.340 e. The number of hydrogen-bond acceptors (Lipinski definition) is 4. The quantitative estimate of drug-likeness (QED) is 0.167. The molecular formula is C32H40ClNO3Si. The molecule has 1 aliphatic rings. The number of ether oxygens (including phenoxy) is 1. The fourth-order valence-electron chi connectivity index (χ4n) is 5.37. The zero-order valence-electron chi connectivity index (χ0n) is 23.5. The minimum Gasteiger partial charge on any atom is -0.456 e. The van der Waals surface area contributed by atoms with E-state index in [9.17, 15) is 4.79 Å². The molecule has 1 fully saturated rings. The first-order valence-corrected chi connectivity index (χ1v) is 15.8. The SMILES string of the molecule is CC(C)(C)OC(=O)c1ccc(Cl)nc1CC[C@@H]1C[C@@H]1CO[Si](c1ccccc1)(c1ccccc1)C(C)(C)C. The van der Waals surface area contributed by atoms with E-state index in [0.29, 0.717) is 34.7 Å². The van der Waals surface area contributed by atoms with Gasteiger partial charge in [0.05, 0.1) is 11.3 Å². The van der Waals surface area contributed by atoms with Crippen molar-refractivity contribution >= 4 is 36.3 Å². The lowest BCUT2D eigenvalue weighted by molar-refractivity contribution is 0.00677. The number of esters is 1. The summed E-state index contributed by atoms with van der Waals surface area (Å²) in [6, 6.07) is 24.9. The highest BCUT2D eigenvalue weighted by Gasteiger charge is 2.51. The first kappa shape index (κ1) is 28.5. The summed E-state index contributed by atoms with van der Waals surface area (Å²) < 4.78 is 12.7. The summed E-state index contributed by atoms with van der Waals surface area (Å²) in [5.41, 5.74) is 0.656. The van der Waals surface area contributed by atoms with Gasteiger partial charge in [-0.25, -0.2) is 9.78 Å². The molecular weight excluding hydrogens is 510 g/mol. The van der Waals surface area contributed by atoms with E-state index in [1.807, 2.05) is 20.8 Å². The molecule has 202 valence electrons. The van der Waals surface area contributed by atoms with Crippen LogP contribution in [0.5, 0.6) is 0 Å². The summed E-state index contributed by atoms with van der Waals surface area (Å²) in [5, 5.41) is 2.98. The summed E-state index contributed by atoms with van der Waals surface area (Å²) in [6.07, 6.45) is 2.76. The van der Waals surface area contributed by atoms with Crippen molar-refractivity contribution in [3.05, 3.63) is 89.2 Å². The van der Waals surface area contributed by atoms with Crippen LogP contribution in [0.3, 0.4) is 0 Å². The Morgan fingerprint density at radius 3 is 2.00 bits per heavy atom. The average molecular weight is 550 g/mol. The van der Waals surface area contributed by atoms with Gasteiger partial charge in [-0.1, -0.05) is 93.0 Å². The van der Waals surface area contributed by atoms with Crippen LogP contribution in [0.2, 0.25) is 10.2 Å². The molecule has 0 bridgehead atoms. The highest BCUT2D eigenvalue weighted by Crippen LogP contribution is 2.44. The third-order valence-corrected chi connectivity index (χ3v) is 12.5. The van der Waals surface area contributed by atoms with E-state index in [0.717, 1.165) is 19.4 Å². The van der Waals surface area contributed by atoms with Crippen molar-refractivity contribution in [2.45, 2.75) is 71.4 Å². The zero-order valence-corrected chi connectivity index (χ0v) is 25.2. The van der Waals surface area contributed by atoms with Gasteiger partial charge in [0, 0.05) is 6.61 Å². The molecule has 0 aliphatic heterocycles. The Kier molecular flexibility index (Phi) is 8.51. The molecule has 0 saturated heterocycles. The van der Waals surface area contributed by atoms with Crippen LogP contribution in [0.1, 0.15) is 70.4 Å². The lowest BCUT2D eigenvalue weighted by atomic mass is 10.1. The molecule has 1 aliphatic carbocycles. The summed E-state index contributed by atoms with van der Waals surface area (Å²) in [4.78, 5) is 17.3. The topological polar surface area (TPSA) is 48.4 Å². The Morgan fingerprint density at radius 1 is 0.895 bits per heavy atom. The average Bonchev–Trinajstić information content (AvgIpc) is 3.61. The van der Waals surface area contributed by atoms with Gasteiger partial charge >= 0.3 is 5.97 Å². The van der Waals surface area contributed by atoms with Gasteiger partial charge in [0.25, 0.3) is 8.32 Å². The summed E-state index contributed by atoms with van der Waals surface area (Å²) in [6.45, 7) is 13.3. The maximum absolute atomic E-state index is 12.8. The molecule has 6 heteroatoms. The van der Waals surface area contributed by atoms with Gasteiger partial charge in [-0.2, -0.15) is 0 Å². The van der Waals surface area contributed by atoms with Crippen molar-refractivity contribution in [3.63, 3.8) is 0 Å². The monoisotopic (exact) mass is 549 g/mol. The zero-order chi connectivity index (χ0) is 27.6. The number of aryl methyl sites for hydroxylation is 1. The van der Waals surface area contributed by atoms with E-state index in [1.54, 1.807) is 12.1 Å². The van der Waals surface area contributed by atoms with Crippen molar-refractivity contribution in [3.8, 4) is 0 Å². The minimum absolute atomic E-state index is 0.0346. The van der Waals surface area contributed by atoms with Gasteiger partial charge in [0.1, 0.15) is 10.8 Å². The van der Waals surface area contributed by atoms with Crippen molar-refractivity contribution in [2.75, 3.05) is 6.61 Å². The van der Waals surface area contributed by atoms with E-state index >= 15 is 0 Å². The minimum atomic E-state index is -2.53. The predicted molar refractivity (Wildman–Crippen MR) is 158 cm³/mol. The number of rotatable bonds is 9. The Balaban J connectivity index is 1.47. The van der Waals surface area contributed by atoms with E-state index in [1.165, 1.54) is 10.4 Å². The third-order valence-electron chi connectivity index (χ3n) is 7.31. The molecule has 1 saturated carbocycles. The van der Waals surface area contributed by atoms with Crippen LogP contribution in [0.4, 0.5) is 0 Å². The van der Waals surface area contributed by atoms with Gasteiger partial charge in [-0.05, 0) is 79.4 Å². The van der Waals surface area contributed by atoms with E-state index < -0.39 is 13.9 Å². The van der Waals surface area contributed by atoms with Gasteiger partial charge in [0.2, 0.25) is 0 Å². The summed E-state index contributed by atoms with van der Waals surface area (Å²) >= 11 is 6.19. The van der Waals surface area contributed by atoms with Gasteiger partial charge in [-0.3, -0.25) is 0 Å². The van der Waals surface area contributed by atoms with Gasteiger partial charge < -0.3 is 9.16 Å². The maximum Gasteiger partial charge on any atom is 0.340 e. The lowest BCUT2D eigenvalue weighted by Crippen LogP contribution is -2.66. The molecule has 1 aromatic heterocycles. The van der Waals surface area contributed by atoms with Gasteiger partial charge in [-0.15, -0.1) is 0 Å². The van der Waals surface area contributed by atoms with Crippen LogP contribution < -0.4 is 10.4 Å². The van der Waals surface area contributed by atoms with Crippen LogP contribution in [0.25, 0.3) is 0 Å². The fourth-order valence-corrected chi connectivity index (χ4v) is 10.2. The molecule has 38 heavy (non-hydrogen) atoms. The molecule has 4 nitrogen and oxygen atoms in total. The molecule has 0 radical (unpaired) electrons. The van der Waals surface area contributed by atoms with Crippen LogP contribution in [0.15, 0.2) is 72.8 Å². The second-order valence-electron chi connectivity index (χ2n) is 12.4. The fraction of sp³-hybridized carbons (Fsp3) is 0.438. The molecule has 1 heterocycles. The second kappa shape index (κ2) is 11.3. The number of carbonyl (C=O) groups excluding carboxylic acids is 1. The van der Waals surface area contributed by atoms with Crippen LogP contribution in [0, 0.1) is 11.8 Å². The van der Waals surface area contributed by atoms with Crippen LogP contribution in [-0.4, -0.2) is 31.5 Å². The van der Waals surface area contributed by atoms with Crippen molar-refractivity contribution in [2.24, 2.45) is 11.8 Å². The van der Waals surface area contributed by atoms with Gasteiger partial charge in [0.15, 0.2) is 0 Å². The first-order valence-electron chi connectivity index (χ1n) is 13.5. The molecule has 3 aromatic rings. The standard InChI is InChI=1S/C32H40ClNO3Si/c1-31(2,3)37-30(35)27-18-20-29(33)34-28(27)19-17-23-21-24(23)22-36-38(32(4,5)6,25-13-9-7-10-14-25)26-15-11-8-12-16-26/h7-16,18,20,23-24H,17,19,21-22H2,1-6H3/t23-,24-/m1/s1. The van der Waals surface area contributed by atoms with Crippen LogP contribution in [-0.2, 0) is 15.6 Å². The van der Waals surface area contributed by atoms with E-state index in [4.69, 9.17) is 20.8 Å². The van der Waals surface area contributed by atoms with Crippen LogP contribution >= 0.6 is 11.6 Å². The summed E-state index contributed by atoms with van der Waals surface area (Å²) in [7, 11) is -2.53. The Bertz CT molecular complexity index is 1200. The lowest BCUT2D eigenvalue weighted by Gasteiger charge is -2.43. The van der Waals surface area contributed by atoms with E-state index in [2.05, 4.69) is 86.4 Å². The first-order chi connectivity index (χ1) is 17.9. The Labute approximate surface area is 233 Å². The largest absolute Gasteiger partial charge is 0.456 e.